The van der Waals surface area contributed by atoms with Crippen molar-refractivity contribution in [3.05, 3.63) is 0 Å². The van der Waals surface area contributed by atoms with E-state index in [1.165, 1.54) is 0 Å². The van der Waals surface area contributed by atoms with Gasteiger partial charge in [0.25, 0.3) is 0 Å². The number of hydrogen-bond acceptors (Lipinski definition) is 5. The van der Waals surface area contributed by atoms with Gasteiger partial charge in [-0.1, -0.05) is 0 Å². The Kier molecular flexibility index (Phi) is 4.01. The zero-order valence-corrected chi connectivity index (χ0v) is 10.1. The van der Waals surface area contributed by atoms with Gasteiger partial charge in [-0.25, -0.2) is 0 Å². The number of amides is 3. The summed E-state index contributed by atoms with van der Waals surface area (Å²) in [5.41, 5.74) is 0. The summed E-state index contributed by atoms with van der Waals surface area (Å²) >= 11 is 1.72. The van der Waals surface area contributed by atoms with Crippen molar-refractivity contribution in [2.24, 2.45) is 0 Å². The van der Waals surface area contributed by atoms with Crippen LogP contribution in [0.15, 0.2) is 0 Å². The van der Waals surface area contributed by atoms with Gasteiger partial charge in [-0.2, -0.15) is 11.8 Å². The van der Waals surface area contributed by atoms with Crippen molar-refractivity contribution < 1.29 is 14.4 Å². The summed E-state index contributed by atoms with van der Waals surface area (Å²) in [6.45, 7) is 0.804. The van der Waals surface area contributed by atoms with E-state index >= 15 is 0 Å². The first-order valence-electron chi connectivity index (χ1n) is 5.62. The van der Waals surface area contributed by atoms with Gasteiger partial charge in [-0.3, -0.25) is 19.7 Å². The van der Waals surface area contributed by atoms with E-state index in [4.69, 9.17) is 0 Å². The quantitative estimate of drug-likeness (QED) is 0.530. The molecule has 2 atom stereocenters. The Morgan fingerprint density at radius 3 is 2.88 bits per heavy atom. The fourth-order valence-electron chi connectivity index (χ4n) is 1.84. The highest BCUT2D eigenvalue weighted by molar-refractivity contribution is 7.99. The summed E-state index contributed by atoms with van der Waals surface area (Å²) in [5, 5.41) is 8.00. The lowest BCUT2D eigenvalue weighted by Gasteiger charge is -2.26. The highest BCUT2D eigenvalue weighted by Gasteiger charge is 2.30. The fraction of sp³-hybridized carbons (Fsp3) is 0.700. The highest BCUT2D eigenvalue weighted by atomic mass is 32.2. The molecule has 2 rings (SSSR count). The molecule has 2 aliphatic rings. The molecule has 0 bridgehead atoms. The SMILES string of the molecule is O=C1CCC(NC(=O)C2CSCCN2)C(=O)N1. The van der Waals surface area contributed by atoms with E-state index in [1.807, 2.05) is 0 Å². The Hall–Kier alpha value is -1.08. The molecule has 3 amide bonds. The molecule has 2 fully saturated rings. The van der Waals surface area contributed by atoms with Gasteiger partial charge in [0.1, 0.15) is 6.04 Å². The van der Waals surface area contributed by atoms with E-state index in [0.717, 1.165) is 18.1 Å². The maximum absolute atomic E-state index is 11.8. The second-order valence-electron chi connectivity index (χ2n) is 4.09. The molecular formula is C10H15N3O3S. The monoisotopic (exact) mass is 257 g/mol. The number of carbonyl (C=O) groups is 3. The first kappa shape index (κ1) is 12.4. The van der Waals surface area contributed by atoms with Crippen LogP contribution in [0.2, 0.25) is 0 Å². The van der Waals surface area contributed by atoms with Crippen molar-refractivity contribution in [3.8, 4) is 0 Å². The van der Waals surface area contributed by atoms with Crippen molar-refractivity contribution in [2.45, 2.75) is 24.9 Å². The van der Waals surface area contributed by atoms with Gasteiger partial charge in [0.05, 0.1) is 6.04 Å². The molecule has 0 aromatic heterocycles. The number of thioether (sulfide) groups is 1. The number of nitrogens with one attached hydrogen (secondary N) is 3. The summed E-state index contributed by atoms with van der Waals surface area (Å²) in [5.74, 6) is 0.887. The molecule has 0 spiro atoms. The number of imide groups is 1. The van der Waals surface area contributed by atoms with Gasteiger partial charge >= 0.3 is 0 Å². The molecule has 17 heavy (non-hydrogen) atoms. The van der Waals surface area contributed by atoms with Crippen molar-refractivity contribution >= 4 is 29.5 Å². The lowest BCUT2D eigenvalue weighted by molar-refractivity contribution is -0.137. The number of hydrogen-bond donors (Lipinski definition) is 3. The molecule has 3 N–H and O–H groups in total. The Bertz CT molecular complexity index is 342. The average Bonchev–Trinajstić information content (AvgIpc) is 2.34. The third-order valence-electron chi connectivity index (χ3n) is 2.79. The molecule has 2 aliphatic heterocycles. The summed E-state index contributed by atoms with van der Waals surface area (Å²) in [4.78, 5) is 34.2. The van der Waals surface area contributed by atoms with Gasteiger partial charge in [-0.15, -0.1) is 0 Å². The van der Waals surface area contributed by atoms with Crippen molar-refractivity contribution in [2.75, 3.05) is 18.1 Å². The smallest absolute Gasteiger partial charge is 0.249 e. The third kappa shape index (κ3) is 3.19. The van der Waals surface area contributed by atoms with E-state index in [9.17, 15) is 14.4 Å². The van der Waals surface area contributed by atoms with E-state index in [2.05, 4.69) is 16.0 Å². The Labute approximate surface area is 103 Å². The minimum atomic E-state index is -0.575. The van der Waals surface area contributed by atoms with E-state index in [1.54, 1.807) is 11.8 Å². The molecule has 7 heteroatoms. The molecule has 6 nitrogen and oxygen atoms in total. The van der Waals surface area contributed by atoms with Crippen LogP contribution < -0.4 is 16.0 Å². The zero-order chi connectivity index (χ0) is 12.3. The topological polar surface area (TPSA) is 87.3 Å². The minimum absolute atomic E-state index is 0.160. The zero-order valence-electron chi connectivity index (χ0n) is 9.32. The van der Waals surface area contributed by atoms with Crippen molar-refractivity contribution in [3.63, 3.8) is 0 Å². The largest absolute Gasteiger partial charge is 0.343 e. The second-order valence-corrected chi connectivity index (χ2v) is 5.24. The molecule has 94 valence electrons. The Balaban J connectivity index is 1.85. The molecule has 0 aromatic rings. The molecule has 0 radical (unpaired) electrons. The number of rotatable bonds is 2. The van der Waals surface area contributed by atoms with Crippen LogP contribution in [0.4, 0.5) is 0 Å². The van der Waals surface area contributed by atoms with Crippen LogP contribution >= 0.6 is 11.8 Å². The van der Waals surface area contributed by atoms with Gasteiger partial charge < -0.3 is 10.6 Å². The van der Waals surface area contributed by atoms with Gasteiger partial charge in [0, 0.05) is 24.5 Å². The lowest BCUT2D eigenvalue weighted by atomic mass is 10.1. The van der Waals surface area contributed by atoms with Crippen LogP contribution in [-0.2, 0) is 14.4 Å². The molecule has 2 heterocycles. The van der Waals surface area contributed by atoms with E-state index < -0.39 is 11.9 Å². The molecule has 2 unspecified atom stereocenters. The molecule has 0 saturated carbocycles. The standard InChI is InChI=1S/C10H15N3O3S/c14-8-2-1-6(9(15)13-8)12-10(16)7-5-17-4-3-11-7/h6-7,11H,1-5H2,(H,12,16)(H,13,14,15). The summed E-state index contributed by atoms with van der Waals surface area (Å²) < 4.78 is 0. The lowest BCUT2D eigenvalue weighted by Crippen LogP contribution is -2.57. The summed E-state index contributed by atoms with van der Waals surface area (Å²) in [7, 11) is 0. The second kappa shape index (κ2) is 5.50. The Morgan fingerprint density at radius 1 is 1.41 bits per heavy atom. The number of carbonyl (C=O) groups excluding carboxylic acids is 3. The first-order valence-corrected chi connectivity index (χ1v) is 6.77. The fourth-order valence-corrected chi connectivity index (χ4v) is 2.77. The molecular weight excluding hydrogens is 242 g/mol. The molecule has 0 aliphatic carbocycles. The van der Waals surface area contributed by atoms with E-state index in [0.29, 0.717) is 6.42 Å². The van der Waals surface area contributed by atoms with Gasteiger partial charge in [0.15, 0.2) is 0 Å². The third-order valence-corrected chi connectivity index (χ3v) is 3.86. The first-order chi connectivity index (χ1) is 8.16. The molecule has 0 aromatic carbocycles. The normalized spacial score (nSPS) is 29.6. The van der Waals surface area contributed by atoms with Crippen LogP contribution in [0, 0.1) is 0 Å². The van der Waals surface area contributed by atoms with Crippen molar-refractivity contribution in [1.82, 2.24) is 16.0 Å². The van der Waals surface area contributed by atoms with Gasteiger partial charge in [0.2, 0.25) is 17.7 Å². The minimum Gasteiger partial charge on any atom is -0.343 e. The molecule has 2 saturated heterocycles. The highest BCUT2D eigenvalue weighted by Crippen LogP contribution is 2.09. The number of piperidine rings is 1. The van der Waals surface area contributed by atoms with E-state index in [-0.39, 0.29) is 24.3 Å². The van der Waals surface area contributed by atoms with Gasteiger partial charge in [-0.05, 0) is 6.42 Å². The van der Waals surface area contributed by atoms with Crippen LogP contribution in [0.25, 0.3) is 0 Å². The maximum atomic E-state index is 11.8. The van der Waals surface area contributed by atoms with Crippen LogP contribution in [0.5, 0.6) is 0 Å². The average molecular weight is 257 g/mol. The summed E-state index contributed by atoms with van der Waals surface area (Å²) in [6, 6.07) is -0.812. The maximum Gasteiger partial charge on any atom is 0.249 e. The van der Waals surface area contributed by atoms with Crippen molar-refractivity contribution in [1.29, 1.82) is 0 Å². The predicted molar refractivity (Wildman–Crippen MR) is 63.4 cm³/mol. The van der Waals surface area contributed by atoms with Crippen LogP contribution in [-0.4, -0.2) is 47.9 Å². The Morgan fingerprint density at radius 2 is 2.24 bits per heavy atom. The summed E-state index contributed by atoms with van der Waals surface area (Å²) in [6.07, 6.45) is 0.666. The van der Waals surface area contributed by atoms with Crippen LogP contribution in [0.1, 0.15) is 12.8 Å². The van der Waals surface area contributed by atoms with Crippen LogP contribution in [0.3, 0.4) is 0 Å². The predicted octanol–water partition coefficient (Wildman–Crippen LogP) is -1.39.